The molecule has 1 aromatic carbocycles. The van der Waals surface area contributed by atoms with Gasteiger partial charge in [-0.15, -0.1) is 0 Å². The van der Waals surface area contributed by atoms with Crippen LogP contribution in [0.3, 0.4) is 0 Å². The number of hydrogen-bond donors (Lipinski definition) is 0. The molecule has 136 valence electrons. The fourth-order valence-electron chi connectivity index (χ4n) is 2.82. The van der Waals surface area contributed by atoms with Crippen LogP contribution in [0.15, 0.2) is 39.4 Å². The zero-order valence-electron chi connectivity index (χ0n) is 15.0. The Labute approximate surface area is 156 Å². The van der Waals surface area contributed by atoms with Crippen molar-refractivity contribution in [2.45, 2.75) is 26.7 Å². The van der Waals surface area contributed by atoms with Gasteiger partial charge in [0.25, 0.3) is 0 Å². The SMILES string of the molecule is CCCc1cc2c(=S)c(-c3ccc(C(=O)OCC)o3)coc2cc1OC. The summed E-state index contributed by atoms with van der Waals surface area (Å²) < 4.78 is 22.4. The predicted molar refractivity (Wildman–Crippen MR) is 101 cm³/mol. The van der Waals surface area contributed by atoms with E-state index >= 15 is 0 Å². The topological polar surface area (TPSA) is 61.8 Å². The first-order chi connectivity index (χ1) is 12.6. The molecule has 0 radical (unpaired) electrons. The van der Waals surface area contributed by atoms with Crippen LogP contribution in [0.5, 0.6) is 5.75 Å². The quantitative estimate of drug-likeness (QED) is 0.417. The van der Waals surface area contributed by atoms with Gasteiger partial charge in [-0.2, -0.15) is 0 Å². The van der Waals surface area contributed by atoms with E-state index < -0.39 is 5.97 Å². The van der Waals surface area contributed by atoms with Crippen molar-refractivity contribution in [3.05, 3.63) is 46.4 Å². The summed E-state index contributed by atoms with van der Waals surface area (Å²) in [4.78, 5) is 11.8. The number of hydrogen-bond acceptors (Lipinski definition) is 6. The van der Waals surface area contributed by atoms with Gasteiger partial charge < -0.3 is 18.3 Å². The minimum Gasteiger partial charge on any atom is -0.496 e. The van der Waals surface area contributed by atoms with Crippen molar-refractivity contribution >= 4 is 29.2 Å². The van der Waals surface area contributed by atoms with Crippen molar-refractivity contribution in [1.82, 2.24) is 0 Å². The van der Waals surface area contributed by atoms with Gasteiger partial charge in [0.05, 0.1) is 23.8 Å². The van der Waals surface area contributed by atoms with Crippen molar-refractivity contribution in [3.8, 4) is 17.1 Å². The molecule has 6 heteroatoms. The second-order valence-electron chi connectivity index (χ2n) is 5.77. The Morgan fingerprint density at radius 2 is 2.04 bits per heavy atom. The zero-order valence-corrected chi connectivity index (χ0v) is 15.8. The molecule has 0 saturated heterocycles. The molecule has 0 unspecified atom stereocenters. The molecule has 0 fully saturated rings. The molecular formula is C20H20O5S. The molecule has 2 aromatic heterocycles. The summed E-state index contributed by atoms with van der Waals surface area (Å²) in [6, 6.07) is 7.12. The molecule has 2 heterocycles. The molecule has 0 saturated carbocycles. The molecule has 26 heavy (non-hydrogen) atoms. The highest BCUT2D eigenvalue weighted by Gasteiger charge is 2.16. The summed E-state index contributed by atoms with van der Waals surface area (Å²) in [6.07, 6.45) is 3.41. The summed E-state index contributed by atoms with van der Waals surface area (Å²) in [5.41, 5.74) is 2.34. The third-order valence-electron chi connectivity index (χ3n) is 4.04. The lowest BCUT2D eigenvalue weighted by Gasteiger charge is -2.10. The van der Waals surface area contributed by atoms with Gasteiger partial charge in [0.15, 0.2) is 0 Å². The van der Waals surface area contributed by atoms with Crippen LogP contribution in [0.1, 0.15) is 36.4 Å². The standard InChI is InChI=1S/C20H20O5S/c1-4-6-12-9-13-18(10-17(12)22-3)24-11-14(19(13)26)15-7-8-16(25-15)20(21)23-5-2/h7-11H,4-6H2,1-3H3. The van der Waals surface area contributed by atoms with Crippen molar-refractivity contribution in [1.29, 1.82) is 0 Å². The molecule has 3 aromatic rings. The van der Waals surface area contributed by atoms with Gasteiger partial charge in [0.1, 0.15) is 23.4 Å². The summed E-state index contributed by atoms with van der Waals surface area (Å²) in [6.45, 7) is 4.14. The fraction of sp³-hybridized carbons (Fsp3) is 0.300. The number of furan rings is 1. The van der Waals surface area contributed by atoms with Crippen molar-refractivity contribution < 1.29 is 23.1 Å². The minimum absolute atomic E-state index is 0.137. The van der Waals surface area contributed by atoms with Crippen LogP contribution >= 0.6 is 12.2 Å². The monoisotopic (exact) mass is 372 g/mol. The van der Waals surface area contributed by atoms with E-state index in [0.29, 0.717) is 21.4 Å². The van der Waals surface area contributed by atoms with Crippen LogP contribution in [0.2, 0.25) is 0 Å². The van der Waals surface area contributed by atoms with Crippen molar-refractivity contribution in [2.24, 2.45) is 0 Å². The van der Waals surface area contributed by atoms with Gasteiger partial charge in [-0.05, 0) is 37.1 Å². The lowest BCUT2D eigenvalue weighted by Crippen LogP contribution is -2.02. The largest absolute Gasteiger partial charge is 0.496 e. The smallest absolute Gasteiger partial charge is 0.374 e. The van der Waals surface area contributed by atoms with E-state index in [1.165, 1.54) is 6.26 Å². The normalized spacial score (nSPS) is 10.9. The second kappa shape index (κ2) is 7.74. The maximum absolute atomic E-state index is 11.8. The maximum atomic E-state index is 11.8. The van der Waals surface area contributed by atoms with Gasteiger partial charge in [-0.3, -0.25) is 0 Å². The fourth-order valence-corrected chi connectivity index (χ4v) is 3.13. The van der Waals surface area contributed by atoms with Crippen LogP contribution < -0.4 is 4.74 Å². The molecule has 3 rings (SSSR count). The predicted octanol–water partition coefficient (Wildman–Crippen LogP) is 5.56. The van der Waals surface area contributed by atoms with E-state index in [4.69, 9.17) is 30.5 Å². The molecule has 0 atom stereocenters. The summed E-state index contributed by atoms with van der Waals surface area (Å²) in [5.74, 6) is 0.888. The number of esters is 1. The van der Waals surface area contributed by atoms with E-state index in [2.05, 4.69) is 6.92 Å². The first-order valence-electron chi connectivity index (χ1n) is 8.48. The van der Waals surface area contributed by atoms with Crippen LogP contribution in [-0.2, 0) is 11.2 Å². The van der Waals surface area contributed by atoms with Crippen LogP contribution in [0.25, 0.3) is 22.3 Å². The number of fused-ring (bicyclic) bond motifs is 1. The number of carbonyl (C=O) groups is 1. The number of methoxy groups -OCH3 is 1. The Bertz CT molecular complexity index is 999. The van der Waals surface area contributed by atoms with Crippen LogP contribution in [0.4, 0.5) is 0 Å². The molecule has 0 amide bonds. The lowest BCUT2D eigenvalue weighted by molar-refractivity contribution is 0.0491. The van der Waals surface area contributed by atoms with Crippen LogP contribution in [-0.4, -0.2) is 19.7 Å². The highest BCUT2D eigenvalue weighted by Crippen LogP contribution is 2.33. The minimum atomic E-state index is -0.502. The Hall–Kier alpha value is -2.60. The zero-order chi connectivity index (χ0) is 18.7. The van der Waals surface area contributed by atoms with Gasteiger partial charge in [-0.25, -0.2) is 4.79 Å². The second-order valence-corrected chi connectivity index (χ2v) is 6.18. The molecule has 0 aliphatic carbocycles. The summed E-state index contributed by atoms with van der Waals surface area (Å²) >= 11 is 5.65. The highest BCUT2D eigenvalue weighted by molar-refractivity contribution is 7.71. The van der Waals surface area contributed by atoms with E-state index in [1.54, 1.807) is 26.2 Å². The maximum Gasteiger partial charge on any atom is 0.374 e. The van der Waals surface area contributed by atoms with Gasteiger partial charge in [-0.1, -0.05) is 25.6 Å². The van der Waals surface area contributed by atoms with E-state index in [1.807, 2.05) is 12.1 Å². The van der Waals surface area contributed by atoms with Gasteiger partial charge >= 0.3 is 5.97 Å². The molecule has 5 nitrogen and oxygen atoms in total. The highest BCUT2D eigenvalue weighted by atomic mass is 32.1. The number of ether oxygens (including phenoxy) is 2. The number of aryl methyl sites for hydroxylation is 1. The Morgan fingerprint density at radius 1 is 1.23 bits per heavy atom. The average molecular weight is 372 g/mol. The van der Waals surface area contributed by atoms with E-state index in [0.717, 1.165) is 29.5 Å². The molecule has 0 aliphatic heterocycles. The van der Waals surface area contributed by atoms with Crippen molar-refractivity contribution in [3.63, 3.8) is 0 Å². The molecule has 0 N–H and O–H groups in total. The molecule has 0 spiro atoms. The average Bonchev–Trinajstić information content (AvgIpc) is 3.12. The lowest BCUT2D eigenvalue weighted by atomic mass is 10.0. The summed E-state index contributed by atoms with van der Waals surface area (Å²) in [5, 5.41) is 0.816. The number of benzene rings is 1. The van der Waals surface area contributed by atoms with Crippen LogP contribution in [0, 0.1) is 4.51 Å². The summed E-state index contributed by atoms with van der Waals surface area (Å²) in [7, 11) is 1.64. The molecule has 0 aliphatic rings. The number of carbonyl (C=O) groups excluding carboxylic acids is 1. The third-order valence-corrected chi connectivity index (χ3v) is 4.48. The van der Waals surface area contributed by atoms with Gasteiger partial charge in [0.2, 0.25) is 5.76 Å². The van der Waals surface area contributed by atoms with Gasteiger partial charge in [0, 0.05) is 11.5 Å². The Kier molecular flexibility index (Phi) is 5.42. The third kappa shape index (κ3) is 3.37. The number of rotatable bonds is 6. The Balaban J connectivity index is 2.09. The van der Waals surface area contributed by atoms with E-state index in [9.17, 15) is 4.79 Å². The molecular weight excluding hydrogens is 352 g/mol. The van der Waals surface area contributed by atoms with Crippen molar-refractivity contribution in [2.75, 3.05) is 13.7 Å². The van der Waals surface area contributed by atoms with E-state index in [-0.39, 0.29) is 12.4 Å². The first-order valence-corrected chi connectivity index (χ1v) is 8.89. The first kappa shape index (κ1) is 18.2. The molecule has 0 bridgehead atoms. The Morgan fingerprint density at radius 3 is 2.73 bits per heavy atom.